The highest BCUT2D eigenvalue weighted by atomic mass is 32.2. The molecule has 3 heteroatoms. The van der Waals surface area contributed by atoms with Gasteiger partial charge in [0.05, 0.1) is 18.0 Å². The fraction of sp³-hybridized carbons (Fsp3) is 0.0968. The molecule has 168 valence electrons. The lowest BCUT2D eigenvalue weighted by Gasteiger charge is -2.35. The largest absolute Gasteiger partial charge is 0.371 e. The first kappa shape index (κ1) is 22.3. The smallest absolute Gasteiger partial charge is 0.0954 e. The van der Waals surface area contributed by atoms with E-state index in [0.29, 0.717) is 13.2 Å². The molecule has 1 aromatic heterocycles. The summed E-state index contributed by atoms with van der Waals surface area (Å²) in [6.07, 6.45) is 2.09. The minimum Gasteiger partial charge on any atom is -0.371 e. The fourth-order valence-corrected chi connectivity index (χ4v) is 5.72. The monoisotopic (exact) mass is 461 g/mol. The number of thioether (sulfide) groups is 1. The zero-order valence-electron chi connectivity index (χ0n) is 18.9. The van der Waals surface area contributed by atoms with E-state index in [1.165, 1.54) is 27.1 Å². The van der Waals surface area contributed by atoms with Crippen LogP contribution in [0, 0.1) is 0 Å². The summed E-state index contributed by atoms with van der Waals surface area (Å²) in [5.74, 6) is 0. The zero-order valence-corrected chi connectivity index (χ0v) is 19.7. The lowest BCUT2D eigenvalue weighted by atomic mass is 9.84. The molecule has 34 heavy (non-hydrogen) atoms. The van der Waals surface area contributed by atoms with Gasteiger partial charge in [-0.3, -0.25) is 0 Å². The molecular weight excluding hydrogens is 434 g/mol. The molecule has 5 rings (SSSR count). The third-order valence-electron chi connectivity index (χ3n) is 5.90. The maximum absolute atomic E-state index is 5.96. The van der Waals surface area contributed by atoms with E-state index in [4.69, 9.17) is 4.74 Å². The third-order valence-corrected chi connectivity index (χ3v) is 7.38. The predicted octanol–water partition coefficient (Wildman–Crippen LogP) is 7.82. The summed E-state index contributed by atoms with van der Waals surface area (Å²) in [4.78, 5) is 4.60. The molecule has 0 aliphatic heterocycles. The Labute approximate surface area is 205 Å². The van der Waals surface area contributed by atoms with E-state index in [0.717, 1.165) is 5.69 Å². The van der Waals surface area contributed by atoms with Crippen LogP contribution in [0.25, 0.3) is 0 Å². The molecule has 0 atom stereocenters. The molecule has 1 heterocycles. The summed E-state index contributed by atoms with van der Waals surface area (Å²) in [6, 6.07) is 44.8. The third kappa shape index (κ3) is 4.86. The van der Waals surface area contributed by atoms with Crippen LogP contribution in [0.2, 0.25) is 0 Å². The van der Waals surface area contributed by atoms with Crippen molar-refractivity contribution < 1.29 is 4.74 Å². The van der Waals surface area contributed by atoms with Gasteiger partial charge in [0.25, 0.3) is 0 Å². The van der Waals surface area contributed by atoms with Crippen LogP contribution >= 0.6 is 11.8 Å². The van der Waals surface area contributed by atoms with Crippen LogP contribution in [-0.2, 0) is 22.7 Å². The first-order valence-corrected chi connectivity index (χ1v) is 12.3. The Balaban J connectivity index is 1.47. The maximum Gasteiger partial charge on any atom is 0.0954 e. The minimum atomic E-state index is -0.381. The molecular formula is C31H27NOS. The van der Waals surface area contributed by atoms with Gasteiger partial charge in [0.1, 0.15) is 0 Å². The highest BCUT2D eigenvalue weighted by molar-refractivity contribution is 8.00. The molecule has 0 spiro atoms. The van der Waals surface area contributed by atoms with Crippen LogP contribution in [0.15, 0.2) is 138 Å². The van der Waals surface area contributed by atoms with Crippen LogP contribution in [0.3, 0.4) is 0 Å². The molecule has 0 saturated heterocycles. The Hall–Kier alpha value is -3.53. The van der Waals surface area contributed by atoms with Crippen LogP contribution < -0.4 is 0 Å². The maximum atomic E-state index is 5.96. The lowest BCUT2D eigenvalue weighted by molar-refractivity contribution is 0.105. The van der Waals surface area contributed by atoms with Crippen molar-refractivity contribution in [3.8, 4) is 0 Å². The molecule has 0 bridgehead atoms. The number of nitrogens with one attached hydrogen (secondary N) is 1. The molecule has 2 nitrogen and oxygen atoms in total. The molecule has 0 aliphatic carbocycles. The summed E-state index contributed by atoms with van der Waals surface area (Å²) < 4.78 is 5.58. The Morgan fingerprint density at radius 2 is 1.06 bits per heavy atom. The normalized spacial score (nSPS) is 11.4. The molecule has 5 aromatic rings. The van der Waals surface area contributed by atoms with Gasteiger partial charge in [0.2, 0.25) is 0 Å². The number of hydrogen-bond donors (Lipinski definition) is 1. The van der Waals surface area contributed by atoms with E-state index in [-0.39, 0.29) is 4.75 Å². The Bertz CT molecular complexity index is 1190. The Morgan fingerprint density at radius 3 is 1.56 bits per heavy atom. The topological polar surface area (TPSA) is 25.0 Å². The predicted molar refractivity (Wildman–Crippen MR) is 141 cm³/mol. The van der Waals surface area contributed by atoms with Crippen molar-refractivity contribution >= 4 is 11.8 Å². The summed E-state index contributed by atoms with van der Waals surface area (Å²) >= 11 is 1.86. The van der Waals surface area contributed by atoms with Gasteiger partial charge in [0, 0.05) is 16.8 Å². The molecule has 0 unspecified atom stereocenters. The number of aromatic nitrogens is 1. The van der Waals surface area contributed by atoms with Gasteiger partial charge in [0.15, 0.2) is 0 Å². The van der Waals surface area contributed by atoms with Crippen LogP contribution in [0.1, 0.15) is 27.9 Å². The van der Waals surface area contributed by atoms with Gasteiger partial charge in [-0.05, 0) is 28.3 Å². The zero-order chi connectivity index (χ0) is 23.1. The quantitative estimate of drug-likeness (QED) is 0.179. The number of H-pyrrole nitrogens is 1. The van der Waals surface area contributed by atoms with E-state index >= 15 is 0 Å². The van der Waals surface area contributed by atoms with Crippen LogP contribution in [0.4, 0.5) is 0 Å². The average Bonchev–Trinajstić information content (AvgIpc) is 3.36. The fourth-order valence-electron chi connectivity index (χ4n) is 4.29. The van der Waals surface area contributed by atoms with Crippen molar-refractivity contribution in [2.24, 2.45) is 0 Å². The first-order chi connectivity index (χ1) is 16.8. The summed E-state index contributed by atoms with van der Waals surface area (Å²) in [5.41, 5.74) is 6.00. The van der Waals surface area contributed by atoms with Crippen molar-refractivity contribution in [3.63, 3.8) is 0 Å². The molecule has 0 amide bonds. The van der Waals surface area contributed by atoms with Crippen molar-refractivity contribution in [1.29, 1.82) is 0 Å². The van der Waals surface area contributed by atoms with Gasteiger partial charge in [-0.15, -0.1) is 11.8 Å². The molecule has 0 fully saturated rings. The SMILES string of the molecule is c1ccc(COCc2cc(SC(c3ccccc3)(c3ccccc3)c3ccccc3)c[nH]2)cc1. The second-order valence-corrected chi connectivity index (χ2v) is 9.51. The van der Waals surface area contributed by atoms with Crippen molar-refractivity contribution in [2.45, 2.75) is 22.9 Å². The molecule has 4 aromatic carbocycles. The number of rotatable bonds is 9. The summed E-state index contributed by atoms with van der Waals surface area (Å²) in [6.45, 7) is 1.15. The molecule has 0 aliphatic rings. The second kappa shape index (κ2) is 10.6. The van der Waals surface area contributed by atoms with E-state index < -0.39 is 0 Å². The second-order valence-electron chi connectivity index (χ2n) is 8.22. The van der Waals surface area contributed by atoms with Gasteiger partial charge in [-0.2, -0.15) is 0 Å². The van der Waals surface area contributed by atoms with Gasteiger partial charge < -0.3 is 9.72 Å². The highest BCUT2D eigenvalue weighted by Gasteiger charge is 2.37. The van der Waals surface area contributed by atoms with E-state index in [1.54, 1.807) is 0 Å². The Morgan fingerprint density at radius 1 is 0.588 bits per heavy atom. The molecule has 0 radical (unpaired) electrons. The molecule has 1 N–H and O–H groups in total. The van der Waals surface area contributed by atoms with Gasteiger partial charge in [-0.1, -0.05) is 121 Å². The van der Waals surface area contributed by atoms with Crippen molar-refractivity contribution in [1.82, 2.24) is 4.98 Å². The van der Waals surface area contributed by atoms with Gasteiger partial charge in [-0.25, -0.2) is 0 Å². The minimum absolute atomic E-state index is 0.381. The first-order valence-electron chi connectivity index (χ1n) is 11.5. The number of ether oxygens (including phenoxy) is 1. The average molecular weight is 462 g/mol. The molecule has 0 saturated carbocycles. The van der Waals surface area contributed by atoms with Crippen LogP contribution in [-0.4, -0.2) is 4.98 Å². The number of benzene rings is 4. The lowest BCUT2D eigenvalue weighted by Crippen LogP contribution is -2.25. The number of aromatic amines is 1. The number of hydrogen-bond acceptors (Lipinski definition) is 2. The highest BCUT2D eigenvalue weighted by Crippen LogP contribution is 2.51. The van der Waals surface area contributed by atoms with Crippen LogP contribution in [0.5, 0.6) is 0 Å². The van der Waals surface area contributed by atoms with Crippen molar-refractivity contribution in [3.05, 3.63) is 162 Å². The van der Waals surface area contributed by atoms with E-state index in [2.05, 4.69) is 120 Å². The van der Waals surface area contributed by atoms with E-state index in [1.807, 2.05) is 30.0 Å². The van der Waals surface area contributed by atoms with E-state index in [9.17, 15) is 0 Å². The standard InChI is InChI=1S/C31H27NOS/c1-5-13-25(14-6-1)23-33-24-29-21-30(22-32-29)34-31(26-15-7-2-8-16-26,27-17-9-3-10-18-27)28-19-11-4-12-20-28/h1-22,32H,23-24H2. The Kier molecular flexibility index (Phi) is 6.94. The summed E-state index contributed by atoms with van der Waals surface area (Å²) in [7, 11) is 0. The van der Waals surface area contributed by atoms with Crippen molar-refractivity contribution in [2.75, 3.05) is 0 Å². The van der Waals surface area contributed by atoms with Gasteiger partial charge >= 0.3 is 0 Å². The summed E-state index contributed by atoms with van der Waals surface area (Å²) in [5, 5.41) is 0.